The Hall–Kier alpha value is -2.37. The van der Waals surface area contributed by atoms with E-state index in [-0.39, 0.29) is 0 Å². The summed E-state index contributed by atoms with van der Waals surface area (Å²) in [6.07, 6.45) is 4.78. The molecule has 2 aromatic carbocycles. The third-order valence-corrected chi connectivity index (χ3v) is 7.08. The van der Waals surface area contributed by atoms with Gasteiger partial charge in [-0.05, 0) is 49.1 Å². The molecule has 1 aliphatic rings. The van der Waals surface area contributed by atoms with Crippen molar-refractivity contribution < 1.29 is 8.42 Å². The van der Waals surface area contributed by atoms with Gasteiger partial charge in [-0.1, -0.05) is 36.4 Å². The molecule has 0 saturated carbocycles. The zero-order valence-electron chi connectivity index (χ0n) is 15.0. The number of nitrogens with zero attached hydrogens (tertiary/aromatic N) is 1. The van der Waals surface area contributed by atoms with E-state index in [1.807, 2.05) is 50.4 Å². The van der Waals surface area contributed by atoms with E-state index in [2.05, 4.69) is 17.1 Å². The van der Waals surface area contributed by atoms with Gasteiger partial charge < -0.3 is 4.98 Å². The average Bonchev–Trinajstić information content (AvgIpc) is 3.08. The molecule has 4 rings (SSSR count). The van der Waals surface area contributed by atoms with Crippen LogP contribution in [0.5, 0.6) is 0 Å². The maximum Gasteiger partial charge on any atom is 0.243 e. The first-order chi connectivity index (χ1) is 12.5. The lowest BCUT2D eigenvalue weighted by Gasteiger charge is -2.26. The molecule has 1 aliphatic heterocycles. The monoisotopic (exact) mass is 366 g/mol. The van der Waals surface area contributed by atoms with Gasteiger partial charge in [0.15, 0.2) is 0 Å². The fourth-order valence-electron chi connectivity index (χ4n) is 3.57. The van der Waals surface area contributed by atoms with Gasteiger partial charge in [0.05, 0.1) is 4.90 Å². The summed E-state index contributed by atoms with van der Waals surface area (Å²) in [6, 6.07) is 13.8. The first-order valence-electron chi connectivity index (χ1n) is 8.80. The number of para-hydroxylation sites is 1. The Kier molecular flexibility index (Phi) is 4.21. The third-order valence-electron chi connectivity index (χ3n) is 5.07. The summed E-state index contributed by atoms with van der Waals surface area (Å²) in [5.41, 5.74) is 5.23. The Morgan fingerprint density at radius 3 is 2.65 bits per heavy atom. The van der Waals surface area contributed by atoms with E-state index in [9.17, 15) is 8.42 Å². The molecule has 0 radical (unpaired) electrons. The molecular weight excluding hydrogens is 344 g/mol. The fraction of sp³-hybridized carbons (Fsp3) is 0.238. The van der Waals surface area contributed by atoms with Crippen molar-refractivity contribution in [1.29, 1.82) is 0 Å². The van der Waals surface area contributed by atoms with Crippen LogP contribution in [0.1, 0.15) is 23.1 Å². The van der Waals surface area contributed by atoms with Crippen molar-refractivity contribution in [3.63, 3.8) is 0 Å². The molecule has 0 bridgehead atoms. The van der Waals surface area contributed by atoms with Gasteiger partial charge in [0.25, 0.3) is 0 Å². The topological polar surface area (TPSA) is 53.2 Å². The minimum Gasteiger partial charge on any atom is -0.361 e. The maximum absolute atomic E-state index is 13.1. The van der Waals surface area contributed by atoms with Crippen LogP contribution in [0.4, 0.5) is 0 Å². The number of hydrogen-bond donors (Lipinski definition) is 1. The van der Waals surface area contributed by atoms with E-state index in [0.717, 1.165) is 16.6 Å². The summed E-state index contributed by atoms with van der Waals surface area (Å²) >= 11 is 0. The Balaban J connectivity index is 1.64. The molecule has 0 atom stereocenters. The summed E-state index contributed by atoms with van der Waals surface area (Å²) < 4.78 is 27.7. The van der Waals surface area contributed by atoms with Crippen LogP contribution in [-0.2, 0) is 10.0 Å². The molecule has 134 valence electrons. The first kappa shape index (κ1) is 17.1. The quantitative estimate of drug-likeness (QED) is 0.753. The average molecular weight is 366 g/mol. The number of sulfonamides is 1. The van der Waals surface area contributed by atoms with Crippen molar-refractivity contribution in [2.75, 3.05) is 13.1 Å². The van der Waals surface area contributed by atoms with E-state index in [1.165, 1.54) is 16.5 Å². The molecular formula is C21H22N2O2S. The molecule has 3 aromatic rings. The second kappa shape index (κ2) is 6.41. The predicted molar refractivity (Wildman–Crippen MR) is 106 cm³/mol. The van der Waals surface area contributed by atoms with Crippen LogP contribution >= 0.6 is 0 Å². The van der Waals surface area contributed by atoms with E-state index in [0.29, 0.717) is 24.4 Å². The van der Waals surface area contributed by atoms with Crippen LogP contribution in [0.3, 0.4) is 0 Å². The number of aromatic nitrogens is 1. The molecule has 0 unspecified atom stereocenters. The Morgan fingerprint density at radius 2 is 1.88 bits per heavy atom. The second-order valence-electron chi connectivity index (χ2n) is 6.86. The highest BCUT2D eigenvalue weighted by Crippen LogP contribution is 2.31. The molecule has 1 aromatic heterocycles. The van der Waals surface area contributed by atoms with Gasteiger partial charge in [0.1, 0.15) is 0 Å². The third kappa shape index (κ3) is 2.87. The molecule has 0 amide bonds. The molecule has 0 fully saturated rings. The highest BCUT2D eigenvalue weighted by molar-refractivity contribution is 7.89. The standard InChI is InChI=1S/C21H22N2O2S/c1-15-7-8-16(2)21(13-15)26(24,25)23-11-9-17(10-12-23)19-14-22-20-6-4-3-5-18(19)20/h3-9,13-14,22H,10-12H2,1-2H3. The highest BCUT2D eigenvalue weighted by atomic mass is 32.2. The number of fused-ring (bicyclic) bond motifs is 1. The lowest BCUT2D eigenvalue weighted by molar-refractivity contribution is 0.441. The fourth-order valence-corrected chi connectivity index (χ4v) is 5.27. The molecule has 2 heterocycles. The molecule has 0 aliphatic carbocycles. The number of benzene rings is 2. The summed E-state index contributed by atoms with van der Waals surface area (Å²) in [5.74, 6) is 0. The summed E-state index contributed by atoms with van der Waals surface area (Å²) in [4.78, 5) is 3.71. The van der Waals surface area contributed by atoms with Crippen molar-refractivity contribution in [2.45, 2.75) is 25.2 Å². The minimum atomic E-state index is -3.47. The van der Waals surface area contributed by atoms with E-state index < -0.39 is 10.0 Å². The normalized spacial score (nSPS) is 16.0. The lowest BCUT2D eigenvalue weighted by atomic mass is 10.00. The van der Waals surface area contributed by atoms with Gasteiger partial charge in [0, 0.05) is 35.8 Å². The zero-order chi connectivity index (χ0) is 18.3. The predicted octanol–water partition coefficient (Wildman–Crippen LogP) is 4.26. The van der Waals surface area contributed by atoms with E-state index >= 15 is 0 Å². The highest BCUT2D eigenvalue weighted by Gasteiger charge is 2.28. The Bertz CT molecular complexity index is 1110. The van der Waals surface area contributed by atoms with Crippen LogP contribution in [0.2, 0.25) is 0 Å². The van der Waals surface area contributed by atoms with Crippen molar-refractivity contribution in [2.24, 2.45) is 0 Å². The number of aromatic amines is 1. The van der Waals surface area contributed by atoms with Gasteiger partial charge >= 0.3 is 0 Å². The van der Waals surface area contributed by atoms with Crippen LogP contribution in [-0.4, -0.2) is 30.8 Å². The largest absolute Gasteiger partial charge is 0.361 e. The molecule has 26 heavy (non-hydrogen) atoms. The molecule has 4 nitrogen and oxygen atoms in total. The molecule has 1 N–H and O–H groups in total. The maximum atomic E-state index is 13.1. The van der Waals surface area contributed by atoms with Crippen LogP contribution in [0.25, 0.3) is 16.5 Å². The molecule has 0 spiro atoms. The van der Waals surface area contributed by atoms with Crippen molar-refractivity contribution >= 4 is 26.5 Å². The number of rotatable bonds is 3. The summed E-state index contributed by atoms with van der Waals surface area (Å²) in [5, 5.41) is 1.18. The van der Waals surface area contributed by atoms with Crippen molar-refractivity contribution in [3.8, 4) is 0 Å². The van der Waals surface area contributed by atoms with Gasteiger partial charge in [-0.25, -0.2) is 8.42 Å². The zero-order valence-corrected chi connectivity index (χ0v) is 15.8. The van der Waals surface area contributed by atoms with Gasteiger partial charge in [0.2, 0.25) is 10.0 Å². The SMILES string of the molecule is Cc1ccc(C)c(S(=O)(=O)N2CC=C(c3c[nH]c4ccccc34)CC2)c1. The number of hydrogen-bond acceptors (Lipinski definition) is 2. The lowest BCUT2D eigenvalue weighted by Crippen LogP contribution is -2.35. The van der Waals surface area contributed by atoms with Crippen LogP contribution in [0.15, 0.2) is 59.6 Å². The van der Waals surface area contributed by atoms with Gasteiger partial charge in [-0.2, -0.15) is 4.31 Å². The first-order valence-corrected chi connectivity index (χ1v) is 10.2. The smallest absolute Gasteiger partial charge is 0.243 e. The van der Waals surface area contributed by atoms with Gasteiger partial charge in [-0.15, -0.1) is 0 Å². The Labute approximate surface area is 154 Å². The number of aryl methyl sites for hydroxylation is 2. The number of nitrogens with one attached hydrogen (secondary N) is 1. The van der Waals surface area contributed by atoms with Crippen LogP contribution < -0.4 is 0 Å². The van der Waals surface area contributed by atoms with Gasteiger partial charge in [-0.3, -0.25) is 0 Å². The van der Waals surface area contributed by atoms with E-state index in [4.69, 9.17) is 0 Å². The minimum absolute atomic E-state index is 0.407. The second-order valence-corrected chi connectivity index (χ2v) is 8.77. The summed E-state index contributed by atoms with van der Waals surface area (Å²) in [6.45, 7) is 4.68. The van der Waals surface area contributed by atoms with E-state index in [1.54, 1.807) is 10.4 Å². The Morgan fingerprint density at radius 1 is 1.08 bits per heavy atom. The van der Waals surface area contributed by atoms with Crippen LogP contribution in [0, 0.1) is 13.8 Å². The molecule has 5 heteroatoms. The molecule has 0 saturated heterocycles. The van der Waals surface area contributed by atoms with Crippen molar-refractivity contribution in [1.82, 2.24) is 9.29 Å². The summed E-state index contributed by atoms with van der Waals surface area (Å²) in [7, 11) is -3.47. The number of H-pyrrole nitrogens is 1. The van der Waals surface area contributed by atoms with Crippen molar-refractivity contribution in [3.05, 3.63) is 71.4 Å².